The first-order valence-electron chi connectivity index (χ1n) is 5.42. The van der Waals surface area contributed by atoms with E-state index in [1.807, 2.05) is 6.20 Å². The lowest BCUT2D eigenvalue weighted by molar-refractivity contribution is -0.386. The number of nitro groups is 1. The lowest BCUT2D eigenvalue weighted by Crippen LogP contribution is -2.40. The quantitative estimate of drug-likeness (QED) is 0.618. The van der Waals surface area contributed by atoms with Crippen molar-refractivity contribution in [2.24, 2.45) is 0 Å². The number of hydrogen-bond acceptors (Lipinski definition) is 6. The Bertz CT molecular complexity index is 435. The second-order valence-electron chi connectivity index (χ2n) is 3.84. The Kier molecular flexibility index (Phi) is 3.38. The smallest absolute Gasteiger partial charge is 0.338 e. The Morgan fingerprint density at radius 3 is 2.88 bits per heavy atom. The molecule has 0 saturated carbocycles. The number of aromatic nitrogens is 1. The van der Waals surface area contributed by atoms with Gasteiger partial charge >= 0.3 is 5.69 Å². The zero-order valence-electron chi connectivity index (χ0n) is 9.55. The lowest BCUT2D eigenvalue weighted by Gasteiger charge is -2.25. The van der Waals surface area contributed by atoms with Crippen LogP contribution < -0.4 is 5.32 Å². The summed E-state index contributed by atoms with van der Waals surface area (Å²) in [5, 5.41) is 17.6. The van der Waals surface area contributed by atoms with Crippen LogP contribution in [-0.4, -0.2) is 41.2 Å². The van der Waals surface area contributed by atoms with Crippen molar-refractivity contribution in [2.75, 3.05) is 26.2 Å². The second kappa shape index (κ2) is 4.96. The van der Waals surface area contributed by atoms with Gasteiger partial charge in [-0.3, -0.25) is 10.1 Å². The molecule has 17 heavy (non-hydrogen) atoms. The van der Waals surface area contributed by atoms with Crippen molar-refractivity contribution in [3.8, 4) is 0 Å². The van der Waals surface area contributed by atoms with Crippen LogP contribution in [0.25, 0.3) is 6.08 Å². The molecule has 2 heterocycles. The van der Waals surface area contributed by atoms with E-state index < -0.39 is 4.92 Å². The highest BCUT2D eigenvalue weighted by Crippen LogP contribution is 2.23. The van der Waals surface area contributed by atoms with Crippen molar-refractivity contribution in [2.45, 2.75) is 6.92 Å². The first kappa shape index (κ1) is 11.6. The molecule has 0 aromatic carbocycles. The predicted octanol–water partition coefficient (Wildman–Crippen LogP) is 0.767. The van der Waals surface area contributed by atoms with E-state index in [1.54, 1.807) is 13.0 Å². The van der Waals surface area contributed by atoms with Gasteiger partial charge in [0.15, 0.2) is 5.69 Å². The van der Waals surface area contributed by atoms with Crippen LogP contribution in [0.4, 0.5) is 5.69 Å². The molecular weight excluding hydrogens is 224 g/mol. The fourth-order valence-electron chi connectivity index (χ4n) is 1.72. The molecule has 1 aliphatic rings. The second-order valence-corrected chi connectivity index (χ2v) is 3.84. The first-order valence-corrected chi connectivity index (χ1v) is 5.42. The number of hydrogen-bond donors (Lipinski definition) is 1. The molecule has 0 spiro atoms. The molecule has 0 aliphatic carbocycles. The molecule has 0 bridgehead atoms. The van der Waals surface area contributed by atoms with Crippen LogP contribution in [0.2, 0.25) is 0 Å². The van der Waals surface area contributed by atoms with Crippen molar-refractivity contribution in [3.05, 3.63) is 27.8 Å². The standard InChI is InChI=1S/C10H14N4O3/c1-8-10(14(15)16)9(17-12-8)2-5-13-6-3-11-4-7-13/h2,5,11H,3-4,6-7H2,1H3/b5-2+. The topological polar surface area (TPSA) is 84.4 Å². The summed E-state index contributed by atoms with van der Waals surface area (Å²) in [6.07, 6.45) is 3.41. The molecule has 7 nitrogen and oxygen atoms in total. The molecule has 0 radical (unpaired) electrons. The van der Waals surface area contributed by atoms with Crippen molar-refractivity contribution >= 4 is 11.8 Å². The number of aryl methyl sites for hydroxylation is 1. The fourth-order valence-corrected chi connectivity index (χ4v) is 1.72. The zero-order valence-corrected chi connectivity index (χ0v) is 9.55. The molecular formula is C10H14N4O3. The molecule has 1 aliphatic heterocycles. The number of piperazine rings is 1. The van der Waals surface area contributed by atoms with Gasteiger partial charge in [-0.2, -0.15) is 0 Å². The number of nitrogens with one attached hydrogen (secondary N) is 1. The third kappa shape index (κ3) is 2.62. The summed E-state index contributed by atoms with van der Waals surface area (Å²) in [5.41, 5.74) is 0.242. The van der Waals surface area contributed by atoms with Gasteiger partial charge in [-0.15, -0.1) is 0 Å². The van der Waals surface area contributed by atoms with Crippen molar-refractivity contribution in [3.63, 3.8) is 0 Å². The summed E-state index contributed by atoms with van der Waals surface area (Å²) >= 11 is 0. The highest BCUT2D eigenvalue weighted by molar-refractivity contribution is 5.56. The van der Waals surface area contributed by atoms with Crippen molar-refractivity contribution < 1.29 is 9.45 Å². The molecule has 0 unspecified atom stereocenters. The fraction of sp³-hybridized carbons (Fsp3) is 0.500. The molecule has 92 valence electrons. The van der Waals surface area contributed by atoms with E-state index in [0.717, 1.165) is 26.2 Å². The molecule has 7 heteroatoms. The monoisotopic (exact) mass is 238 g/mol. The number of rotatable bonds is 3. The summed E-state index contributed by atoms with van der Waals surface area (Å²) in [7, 11) is 0. The molecule has 1 fully saturated rings. The zero-order chi connectivity index (χ0) is 12.3. The molecule has 2 rings (SSSR count). The van der Waals surface area contributed by atoms with Gasteiger partial charge in [0.25, 0.3) is 0 Å². The molecule has 1 N–H and O–H groups in total. The lowest BCUT2D eigenvalue weighted by atomic mass is 10.3. The van der Waals surface area contributed by atoms with E-state index in [1.165, 1.54) is 0 Å². The molecule has 1 aromatic heterocycles. The molecule has 0 atom stereocenters. The van der Waals surface area contributed by atoms with Crippen molar-refractivity contribution in [1.82, 2.24) is 15.4 Å². The summed E-state index contributed by atoms with van der Waals surface area (Å²) in [6.45, 7) is 5.17. The predicted molar refractivity (Wildman–Crippen MR) is 61.4 cm³/mol. The molecule has 1 saturated heterocycles. The van der Waals surface area contributed by atoms with Gasteiger partial charge in [-0.1, -0.05) is 5.16 Å². The summed E-state index contributed by atoms with van der Waals surface area (Å²) in [6, 6.07) is 0. The Hall–Kier alpha value is -1.89. The third-order valence-corrected chi connectivity index (χ3v) is 2.63. The number of nitrogens with zero attached hydrogens (tertiary/aromatic N) is 3. The van der Waals surface area contributed by atoms with E-state index in [4.69, 9.17) is 4.52 Å². The summed E-state index contributed by atoms with van der Waals surface area (Å²) in [4.78, 5) is 12.4. The van der Waals surface area contributed by atoms with E-state index in [2.05, 4.69) is 15.4 Å². The van der Waals surface area contributed by atoms with Crippen molar-refractivity contribution in [1.29, 1.82) is 0 Å². The summed E-state index contributed by atoms with van der Waals surface area (Å²) < 4.78 is 4.93. The minimum atomic E-state index is -0.469. The highest BCUT2D eigenvalue weighted by atomic mass is 16.6. The van der Waals surface area contributed by atoms with Gasteiger partial charge in [-0.05, 0) is 6.92 Å². The normalized spacial score (nSPS) is 16.6. The van der Waals surface area contributed by atoms with Gasteiger partial charge in [0.1, 0.15) is 0 Å². The Labute approximate surface area is 98.2 Å². The van der Waals surface area contributed by atoms with Crippen LogP contribution in [-0.2, 0) is 0 Å². The Morgan fingerprint density at radius 1 is 1.53 bits per heavy atom. The minimum Gasteiger partial charge on any atom is -0.375 e. The maximum Gasteiger partial charge on any atom is 0.338 e. The largest absolute Gasteiger partial charge is 0.375 e. The van der Waals surface area contributed by atoms with Crippen LogP contribution in [0.15, 0.2) is 10.7 Å². The third-order valence-electron chi connectivity index (χ3n) is 2.63. The van der Waals surface area contributed by atoms with Crippen LogP contribution in [0.1, 0.15) is 11.5 Å². The molecule has 1 aromatic rings. The minimum absolute atomic E-state index is 0.0589. The average Bonchev–Trinajstić information content (AvgIpc) is 2.69. The van der Waals surface area contributed by atoms with Crippen LogP contribution >= 0.6 is 0 Å². The van der Waals surface area contributed by atoms with E-state index in [9.17, 15) is 10.1 Å². The van der Waals surface area contributed by atoms with Gasteiger partial charge in [0.2, 0.25) is 5.76 Å². The molecule has 0 amide bonds. The Balaban J connectivity index is 2.12. The van der Waals surface area contributed by atoms with E-state index >= 15 is 0 Å². The van der Waals surface area contributed by atoms with E-state index in [-0.39, 0.29) is 11.4 Å². The first-order chi connectivity index (χ1) is 8.18. The maximum atomic E-state index is 10.8. The highest BCUT2D eigenvalue weighted by Gasteiger charge is 2.22. The van der Waals surface area contributed by atoms with Gasteiger partial charge < -0.3 is 14.7 Å². The Morgan fingerprint density at radius 2 is 2.24 bits per heavy atom. The summed E-state index contributed by atoms with van der Waals surface area (Å²) in [5.74, 6) is 0.200. The van der Waals surface area contributed by atoms with Gasteiger partial charge in [0, 0.05) is 38.5 Å². The SMILES string of the molecule is Cc1noc(/C=C/N2CCNCC2)c1[N+](=O)[O-]. The van der Waals surface area contributed by atoms with Crippen LogP contribution in [0.5, 0.6) is 0 Å². The van der Waals surface area contributed by atoms with E-state index in [0.29, 0.717) is 5.69 Å². The van der Waals surface area contributed by atoms with Gasteiger partial charge in [-0.25, -0.2) is 0 Å². The van der Waals surface area contributed by atoms with Crippen LogP contribution in [0.3, 0.4) is 0 Å². The average molecular weight is 238 g/mol. The van der Waals surface area contributed by atoms with Crippen LogP contribution in [0, 0.1) is 17.0 Å². The maximum absolute atomic E-state index is 10.8. The van der Waals surface area contributed by atoms with Gasteiger partial charge in [0.05, 0.1) is 4.92 Å².